The van der Waals surface area contributed by atoms with Crippen LogP contribution in [0, 0.1) is 0 Å². The number of benzene rings is 2. The Morgan fingerprint density at radius 1 is 0.780 bits per heavy atom. The lowest BCUT2D eigenvalue weighted by atomic mass is 10.00. The average Bonchev–Trinajstić information content (AvgIpc) is 3.16. The second-order valence-corrected chi connectivity index (χ2v) is 13.6. The summed E-state index contributed by atoms with van der Waals surface area (Å²) in [7, 11) is 4.45. The van der Waals surface area contributed by atoms with E-state index in [2.05, 4.69) is 10.2 Å². The summed E-state index contributed by atoms with van der Waals surface area (Å²) >= 11 is 0. The van der Waals surface area contributed by atoms with Crippen molar-refractivity contribution in [2.45, 2.75) is 63.6 Å². The van der Waals surface area contributed by atoms with Gasteiger partial charge >= 0.3 is 12.1 Å². The largest absolute Gasteiger partial charge is 0.493 e. The number of para-hydroxylation sites is 1. The molecule has 50 heavy (non-hydrogen) atoms. The van der Waals surface area contributed by atoms with E-state index in [1.54, 1.807) is 21.9 Å². The first kappa shape index (κ1) is 35.3. The maximum Gasteiger partial charge on any atom is 0.322 e. The van der Waals surface area contributed by atoms with Gasteiger partial charge in [0.15, 0.2) is 17.3 Å². The van der Waals surface area contributed by atoms with Crippen molar-refractivity contribution in [2.24, 2.45) is 0 Å². The highest BCUT2D eigenvalue weighted by molar-refractivity contribution is 6.01. The third-order valence-electron chi connectivity index (χ3n) is 10.7. The Labute approximate surface area is 294 Å². The first-order valence-electron chi connectivity index (χ1n) is 17.8. The molecule has 13 nitrogen and oxygen atoms in total. The van der Waals surface area contributed by atoms with Gasteiger partial charge in [-0.15, -0.1) is 0 Å². The molecule has 0 aliphatic carbocycles. The Kier molecular flexibility index (Phi) is 11.3. The number of hydrogen-bond donors (Lipinski definition) is 1. The van der Waals surface area contributed by atoms with E-state index in [9.17, 15) is 19.2 Å². The molecule has 13 heteroatoms. The molecule has 2 aromatic rings. The molecule has 2 aromatic carbocycles. The van der Waals surface area contributed by atoms with Gasteiger partial charge in [-0.05, 0) is 75.4 Å². The van der Waals surface area contributed by atoms with E-state index in [0.29, 0.717) is 68.9 Å². The van der Waals surface area contributed by atoms with Gasteiger partial charge in [0.25, 0.3) is 0 Å². The van der Waals surface area contributed by atoms with Crippen molar-refractivity contribution in [2.75, 3.05) is 79.0 Å². The van der Waals surface area contributed by atoms with E-state index >= 15 is 0 Å². The summed E-state index contributed by atoms with van der Waals surface area (Å²) < 4.78 is 16.3. The van der Waals surface area contributed by atoms with Crippen LogP contribution >= 0.6 is 0 Å². The van der Waals surface area contributed by atoms with Crippen LogP contribution < -0.4 is 19.5 Å². The van der Waals surface area contributed by atoms with Crippen LogP contribution in [0.5, 0.6) is 17.2 Å². The molecule has 0 radical (unpaired) electrons. The smallest absolute Gasteiger partial charge is 0.322 e. The molecule has 6 rings (SSSR count). The molecule has 0 spiro atoms. The highest BCUT2D eigenvalue weighted by Gasteiger charge is 2.35. The molecule has 5 amide bonds. The predicted molar refractivity (Wildman–Crippen MR) is 188 cm³/mol. The second-order valence-electron chi connectivity index (χ2n) is 13.6. The summed E-state index contributed by atoms with van der Waals surface area (Å²) in [4.78, 5) is 63.9. The summed E-state index contributed by atoms with van der Waals surface area (Å²) in [5, 5.41) is 2.98. The normalized spacial score (nSPS) is 19.0. The summed E-state index contributed by atoms with van der Waals surface area (Å²) in [6.07, 6.45) is 6.71. The predicted octanol–water partition coefficient (Wildman–Crippen LogP) is 4.31. The molecule has 4 aliphatic heterocycles. The van der Waals surface area contributed by atoms with Crippen molar-refractivity contribution in [3.8, 4) is 17.2 Å². The van der Waals surface area contributed by atoms with E-state index in [1.165, 1.54) is 45.5 Å². The quantitative estimate of drug-likeness (QED) is 0.366. The number of likely N-dealkylation sites (tertiary alicyclic amines) is 3. The number of nitrogens with one attached hydrogen (secondary N) is 1. The maximum absolute atomic E-state index is 14.1. The van der Waals surface area contributed by atoms with E-state index in [4.69, 9.17) is 14.2 Å². The summed E-state index contributed by atoms with van der Waals surface area (Å²) in [6.45, 7) is 4.32. The number of ketones is 1. The fourth-order valence-electron chi connectivity index (χ4n) is 7.81. The minimum atomic E-state index is -0.344. The highest BCUT2D eigenvalue weighted by Crippen LogP contribution is 2.38. The van der Waals surface area contributed by atoms with Crippen molar-refractivity contribution in [1.82, 2.24) is 24.5 Å². The second kappa shape index (κ2) is 16.0. The number of amides is 5. The summed E-state index contributed by atoms with van der Waals surface area (Å²) in [5.74, 6) is 0.464. The van der Waals surface area contributed by atoms with Gasteiger partial charge in [0, 0.05) is 56.1 Å². The molecule has 0 saturated carbocycles. The number of hydrogen-bond acceptors (Lipinski definition) is 8. The van der Waals surface area contributed by atoms with Crippen LogP contribution in [0.25, 0.3) is 0 Å². The fourth-order valence-corrected chi connectivity index (χ4v) is 7.81. The molecule has 3 saturated heterocycles. The lowest BCUT2D eigenvalue weighted by molar-refractivity contribution is -0.133. The molecule has 270 valence electrons. The van der Waals surface area contributed by atoms with E-state index in [-0.39, 0.29) is 48.4 Å². The van der Waals surface area contributed by atoms with Crippen molar-refractivity contribution >= 4 is 29.4 Å². The van der Waals surface area contributed by atoms with Gasteiger partial charge in [-0.2, -0.15) is 0 Å². The third kappa shape index (κ3) is 7.77. The van der Waals surface area contributed by atoms with Crippen molar-refractivity contribution < 1.29 is 33.4 Å². The van der Waals surface area contributed by atoms with Gasteiger partial charge in [0.2, 0.25) is 11.7 Å². The number of piperidine rings is 3. The maximum atomic E-state index is 14.1. The number of fused-ring (bicyclic) bond motifs is 1. The third-order valence-corrected chi connectivity index (χ3v) is 10.7. The zero-order valence-electron chi connectivity index (χ0n) is 29.5. The zero-order chi connectivity index (χ0) is 35.2. The van der Waals surface area contributed by atoms with Crippen LogP contribution in [0.4, 0.5) is 15.3 Å². The Morgan fingerprint density at radius 2 is 1.40 bits per heavy atom. The number of rotatable bonds is 10. The topological polar surface area (TPSA) is 124 Å². The first-order chi connectivity index (χ1) is 24.3. The minimum Gasteiger partial charge on any atom is -0.493 e. The summed E-state index contributed by atoms with van der Waals surface area (Å²) in [5.41, 5.74) is 2.19. The van der Waals surface area contributed by atoms with Gasteiger partial charge in [0.1, 0.15) is 6.54 Å². The van der Waals surface area contributed by atoms with Gasteiger partial charge in [-0.25, -0.2) is 9.59 Å². The fraction of sp³-hybridized carbons (Fsp3) is 0.568. The number of carbonyl (C=O) groups excluding carboxylic acids is 4. The highest BCUT2D eigenvalue weighted by atomic mass is 16.5. The Hall–Kier alpha value is -4.52. The van der Waals surface area contributed by atoms with E-state index < -0.39 is 0 Å². The van der Waals surface area contributed by atoms with E-state index in [0.717, 1.165) is 37.2 Å². The van der Waals surface area contributed by atoms with Gasteiger partial charge in [-0.1, -0.05) is 24.6 Å². The monoisotopic (exact) mass is 690 g/mol. The summed E-state index contributed by atoms with van der Waals surface area (Å²) in [6, 6.07) is 10.9. The molecule has 0 atom stereocenters. The lowest BCUT2D eigenvalue weighted by Crippen LogP contribution is -2.55. The molecular formula is C37H50N6O7. The lowest BCUT2D eigenvalue weighted by Gasteiger charge is -2.42. The molecule has 4 aliphatic rings. The standard InChI is InChI=1S/C37H50N6O7/c1-48-32-21-27(22-33(49-2)35(32)50-3)31(44)24-42(37(47)41-19-11-28(12-20-41)39-15-7-4-8-16-39)25-34(45)40-17-13-29(14-18-40)43-23-26-9-5-6-10-30(26)38-36(43)46/h5-6,9-10,21-22,28-29H,4,7-8,11-20,23-25H2,1-3H3,(H,38,46). The number of methoxy groups -OCH3 is 3. The van der Waals surface area contributed by atoms with Crippen LogP contribution in [-0.2, 0) is 11.3 Å². The van der Waals surface area contributed by atoms with Crippen LogP contribution in [0.3, 0.4) is 0 Å². The number of urea groups is 2. The Balaban J connectivity index is 1.13. The minimum absolute atomic E-state index is 0.00653. The number of ether oxygens (including phenoxy) is 3. The Morgan fingerprint density at radius 3 is 2.04 bits per heavy atom. The Bertz CT molecular complexity index is 1520. The SMILES string of the molecule is COc1cc(C(=O)CN(CC(=O)N2CCC(N3Cc4ccccc4NC3=O)CC2)C(=O)N2CCC(N3CCCCC3)CC2)cc(OC)c1OC. The number of anilines is 1. The van der Waals surface area contributed by atoms with Crippen LogP contribution in [-0.4, -0.2) is 134 Å². The molecule has 4 heterocycles. The van der Waals surface area contributed by atoms with Crippen LogP contribution in [0.1, 0.15) is 60.9 Å². The van der Waals surface area contributed by atoms with Crippen molar-refractivity contribution in [3.63, 3.8) is 0 Å². The first-order valence-corrected chi connectivity index (χ1v) is 17.8. The number of nitrogens with zero attached hydrogens (tertiary/aromatic N) is 5. The average molecular weight is 691 g/mol. The number of Topliss-reactive ketones (excluding diaryl/α,β-unsaturated/α-hetero) is 1. The molecule has 1 N–H and O–H groups in total. The van der Waals surface area contributed by atoms with Crippen molar-refractivity contribution in [1.29, 1.82) is 0 Å². The molecular weight excluding hydrogens is 640 g/mol. The molecule has 3 fully saturated rings. The van der Waals surface area contributed by atoms with Gasteiger partial charge < -0.3 is 44.0 Å². The van der Waals surface area contributed by atoms with Crippen molar-refractivity contribution in [3.05, 3.63) is 47.5 Å². The molecule has 0 aromatic heterocycles. The van der Waals surface area contributed by atoms with Gasteiger partial charge in [-0.3, -0.25) is 9.59 Å². The zero-order valence-corrected chi connectivity index (χ0v) is 29.5. The molecule has 0 unspecified atom stereocenters. The van der Waals surface area contributed by atoms with Crippen LogP contribution in [0.2, 0.25) is 0 Å². The number of carbonyl (C=O) groups is 4. The van der Waals surface area contributed by atoms with Crippen LogP contribution in [0.15, 0.2) is 36.4 Å². The molecule has 0 bridgehead atoms. The van der Waals surface area contributed by atoms with Gasteiger partial charge in [0.05, 0.1) is 27.9 Å². The van der Waals surface area contributed by atoms with E-state index in [1.807, 2.05) is 29.2 Å².